The summed E-state index contributed by atoms with van der Waals surface area (Å²) in [6.45, 7) is 3.07. The lowest BCUT2D eigenvalue weighted by atomic mass is 10.1. The number of unbranched alkanes of at least 4 members (excludes halogenated alkanes) is 9. The Hall–Kier alpha value is -1.94. The Morgan fingerprint density at radius 3 is 2.42 bits per heavy atom. The lowest BCUT2D eigenvalue weighted by Gasteiger charge is -2.21. The first-order valence-electron chi connectivity index (χ1n) is 11.4. The maximum Gasteiger partial charge on any atom is 0.304 e. The quantitative estimate of drug-likeness (QED) is 0.285. The van der Waals surface area contributed by atoms with E-state index in [0.29, 0.717) is 5.75 Å². The fourth-order valence-electron chi connectivity index (χ4n) is 3.55. The Kier molecular flexibility index (Phi) is 12.2. The molecule has 0 spiro atoms. The number of rotatable bonds is 18. The van der Waals surface area contributed by atoms with Gasteiger partial charge in [0, 0.05) is 24.7 Å². The number of hydrogen-bond donors (Lipinski definition) is 3. The van der Waals surface area contributed by atoms with Crippen LogP contribution >= 0.6 is 11.8 Å². The molecule has 0 aliphatic rings. The minimum absolute atomic E-state index is 0.0156. The van der Waals surface area contributed by atoms with Crippen molar-refractivity contribution in [3.63, 3.8) is 0 Å². The summed E-state index contributed by atoms with van der Waals surface area (Å²) in [7, 11) is 0. The number of nitrogens with one attached hydrogen (secondary N) is 1. The molecular weight excluding hydrogens is 416 g/mol. The highest BCUT2D eigenvalue weighted by atomic mass is 32.2. The maximum absolute atomic E-state index is 10.9. The first-order valence-corrected chi connectivity index (χ1v) is 12.4. The van der Waals surface area contributed by atoms with Crippen molar-refractivity contribution in [3.8, 4) is 0 Å². The Labute approximate surface area is 188 Å². The highest BCUT2D eigenvalue weighted by Gasteiger charge is 2.29. The van der Waals surface area contributed by atoms with Gasteiger partial charge in [-0.05, 0) is 16.8 Å². The van der Waals surface area contributed by atoms with Crippen molar-refractivity contribution in [2.24, 2.45) is 0 Å². The molecular formula is C21H36N6O3S. The molecule has 2 rings (SSSR count). The van der Waals surface area contributed by atoms with E-state index in [1.807, 2.05) is 6.20 Å². The van der Waals surface area contributed by atoms with E-state index >= 15 is 0 Å². The highest BCUT2D eigenvalue weighted by molar-refractivity contribution is 7.99. The van der Waals surface area contributed by atoms with Crippen LogP contribution in [0.3, 0.4) is 0 Å². The average molecular weight is 453 g/mol. The number of aromatic nitrogens is 6. The molecule has 2 heterocycles. The van der Waals surface area contributed by atoms with E-state index in [2.05, 4.69) is 37.1 Å². The molecule has 0 saturated carbocycles. The molecule has 0 amide bonds. The molecule has 0 bridgehead atoms. The third-order valence-electron chi connectivity index (χ3n) is 5.30. The van der Waals surface area contributed by atoms with Gasteiger partial charge in [0.2, 0.25) is 0 Å². The Balaban J connectivity index is 1.82. The number of aliphatic hydroxyl groups excluding tert-OH is 1. The lowest BCUT2D eigenvalue weighted by Crippen LogP contribution is -2.16. The van der Waals surface area contributed by atoms with Crippen molar-refractivity contribution in [1.29, 1.82) is 0 Å². The highest BCUT2D eigenvalue weighted by Crippen LogP contribution is 2.38. The van der Waals surface area contributed by atoms with Gasteiger partial charge in [0.25, 0.3) is 0 Å². The van der Waals surface area contributed by atoms with Gasteiger partial charge in [-0.15, -0.1) is 16.9 Å². The first-order chi connectivity index (χ1) is 15.1. The molecule has 2 unspecified atom stereocenters. The van der Waals surface area contributed by atoms with Crippen LogP contribution < -0.4 is 0 Å². The third-order valence-corrected chi connectivity index (χ3v) is 6.56. The minimum atomic E-state index is -0.998. The van der Waals surface area contributed by atoms with E-state index in [1.54, 1.807) is 6.20 Å². The van der Waals surface area contributed by atoms with Gasteiger partial charge in [-0.3, -0.25) is 4.79 Å². The molecule has 2 aromatic heterocycles. The van der Waals surface area contributed by atoms with Crippen molar-refractivity contribution in [3.05, 3.63) is 24.0 Å². The van der Waals surface area contributed by atoms with E-state index < -0.39 is 17.3 Å². The van der Waals surface area contributed by atoms with Gasteiger partial charge in [-0.25, -0.2) is 10.1 Å². The smallest absolute Gasteiger partial charge is 0.304 e. The summed E-state index contributed by atoms with van der Waals surface area (Å²) in [5.41, 5.74) is 0. The molecule has 9 nitrogen and oxygen atoms in total. The summed E-state index contributed by atoms with van der Waals surface area (Å²) in [4.78, 5) is 15.4. The fourth-order valence-corrected chi connectivity index (χ4v) is 4.75. The molecule has 2 atom stereocenters. The summed E-state index contributed by atoms with van der Waals surface area (Å²) < 4.78 is 2.05. The zero-order valence-electron chi connectivity index (χ0n) is 18.4. The van der Waals surface area contributed by atoms with Crippen LogP contribution in [0.2, 0.25) is 0 Å². The predicted octanol–water partition coefficient (Wildman–Crippen LogP) is 4.30. The number of aryl methyl sites for hydroxylation is 1. The molecule has 174 valence electrons. The normalized spacial score (nSPS) is 13.4. The van der Waals surface area contributed by atoms with Crippen LogP contribution in [-0.2, 0) is 11.3 Å². The van der Waals surface area contributed by atoms with E-state index in [-0.39, 0.29) is 12.2 Å². The minimum Gasteiger partial charge on any atom is -0.481 e. The van der Waals surface area contributed by atoms with Gasteiger partial charge in [0.1, 0.15) is 11.9 Å². The summed E-state index contributed by atoms with van der Waals surface area (Å²) in [5, 5.41) is 32.8. The van der Waals surface area contributed by atoms with E-state index in [9.17, 15) is 9.90 Å². The van der Waals surface area contributed by atoms with E-state index in [4.69, 9.17) is 5.11 Å². The molecule has 0 aliphatic heterocycles. The first kappa shape index (κ1) is 25.3. The average Bonchev–Trinajstić information content (AvgIpc) is 3.44. The van der Waals surface area contributed by atoms with Crippen molar-refractivity contribution >= 4 is 17.7 Å². The SMILES string of the molecule is CCCCCCCCCCCCn1ccnc1C(SCCC(=O)O)C(O)c1nnn[nH]1. The van der Waals surface area contributed by atoms with Crippen LogP contribution in [-0.4, -0.2) is 52.1 Å². The molecule has 0 saturated heterocycles. The summed E-state index contributed by atoms with van der Waals surface area (Å²) in [6, 6.07) is 0. The van der Waals surface area contributed by atoms with Crippen LogP contribution in [0.15, 0.2) is 12.4 Å². The molecule has 31 heavy (non-hydrogen) atoms. The second kappa shape index (κ2) is 15.0. The molecule has 3 N–H and O–H groups in total. The monoisotopic (exact) mass is 452 g/mol. The van der Waals surface area contributed by atoms with Crippen LogP contribution in [0, 0.1) is 0 Å². The number of tetrazole rings is 1. The summed E-state index contributed by atoms with van der Waals surface area (Å²) in [6.07, 6.45) is 15.4. The van der Waals surface area contributed by atoms with Gasteiger partial charge in [0.15, 0.2) is 5.82 Å². The fraction of sp³-hybridized carbons (Fsp3) is 0.762. The number of aromatic amines is 1. The van der Waals surface area contributed by atoms with Crippen LogP contribution in [0.4, 0.5) is 0 Å². The Morgan fingerprint density at radius 2 is 1.81 bits per heavy atom. The van der Waals surface area contributed by atoms with Crippen molar-refractivity contribution in [1.82, 2.24) is 30.2 Å². The third kappa shape index (κ3) is 9.39. The summed E-state index contributed by atoms with van der Waals surface area (Å²) in [5.74, 6) is 0.469. The van der Waals surface area contributed by atoms with Gasteiger partial charge >= 0.3 is 5.97 Å². The Morgan fingerprint density at radius 1 is 1.13 bits per heavy atom. The van der Waals surface area contributed by atoms with Crippen molar-refractivity contribution in [2.45, 2.75) is 95.5 Å². The zero-order chi connectivity index (χ0) is 22.3. The number of H-pyrrole nitrogens is 1. The maximum atomic E-state index is 10.9. The summed E-state index contributed by atoms with van der Waals surface area (Å²) >= 11 is 1.36. The van der Waals surface area contributed by atoms with Gasteiger partial charge < -0.3 is 14.8 Å². The molecule has 0 aliphatic carbocycles. The zero-order valence-corrected chi connectivity index (χ0v) is 19.3. The number of carbonyl (C=O) groups is 1. The number of hydrogen-bond acceptors (Lipinski definition) is 7. The molecule has 2 aromatic rings. The second-order valence-corrected chi connectivity index (χ2v) is 9.08. The van der Waals surface area contributed by atoms with Crippen molar-refractivity contribution in [2.75, 3.05) is 5.75 Å². The molecule has 10 heteroatoms. The number of aliphatic hydroxyl groups is 1. The standard InChI is InChI=1S/C21H36N6O3S/c1-2-3-4-5-6-7-8-9-10-11-14-27-15-13-22-21(27)19(31-16-12-17(28)29)18(30)20-23-25-26-24-20/h13,15,18-19,30H,2-12,14,16H2,1H3,(H,28,29)(H,23,24,25,26). The van der Waals surface area contributed by atoms with Gasteiger partial charge in [0.05, 0.1) is 11.7 Å². The van der Waals surface area contributed by atoms with Crippen LogP contribution in [0.1, 0.15) is 101 Å². The number of aliphatic carboxylic acids is 1. The van der Waals surface area contributed by atoms with Gasteiger partial charge in [-0.1, -0.05) is 64.7 Å². The van der Waals surface area contributed by atoms with Crippen LogP contribution in [0.25, 0.3) is 0 Å². The molecule has 0 radical (unpaired) electrons. The van der Waals surface area contributed by atoms with Crippen LogP contribution in [0.5, 0.6) is 0 Å². The number of nitrogens with zero attached hydrogens (tertiary/aromatic N) is 5. The topological polar surface area (TPSA) is 130 Å². The number of thioether (sulfide) groups is 1. The second-order valence-electron chi connectivity index (χ2n) is 7.83. The number of imidazole rings is 1. The predicted molar refractivity (Wildman–Crippen MR) is 121 cm³/mol. The number of carboxylic acids is 1. The van der Waals surface area contributed by atoms with Gasteiger partial charge in [-0.2, -0.15) is 0 Å². The molecule has 0 aromatic carbocycles. The Bertz CT molecular complexity index is 725. The lowest BCUT2D eigenvalue weighted by molar-refractivity contribution is -0.136. The largest absolute Gasteiger partial charge is 0.481 e. The van der Waals surface area contributed by atoms with Crippen molar-refractivity contribution < 1.29 is 15.0 Å². The van der Waals surface area contributed by atoms with E-state index in [1.165, 1.54) is 63.1 Å². The van der Waals surface area contributed by atoms with E-state index in [0.717, 1.165) is 25.2 Å². The molecule has 0 fully saturated rings. The number of carboxylic acid groups (broad SMARTS) is 1.